The van der Waals surface area contributed by atoms with Crippen LogP contribution in [-0.4, -0.2) is 62.0 Å². The third kappa shape index (κ3) is 4.21. The van der Waals surface area contributed by atoms with Gasteiger partial charge in [0.2, 0.25) is 11.8 Å². The maximum absolute atomic E-state index is 12.2. The summed E-state index contributed by atoms with van der Waals surface area (Å²) in [6.45, 7) is 7.35. The van der Waals surface area contributed by atoms with E-state index in [0.717, 1.165) is 0 Å². The van der Waals surface area contributed by atoms with Crippen molar-refractivity contribution in [1.82, 2.24) is 4.90 Å². The minimum atomic E-state index is -0.693. The van der Waals surface area contributed by atoms with Gasteiger partial charge >= 0.3 is 5.97 Å². The predicted octanol–water partition coefficient (Wildman–Crippen LogP) is 1.24. The zero-order valence-electron chi connectivity index (χ0n) is 14.1. The number of furan rings is 1. The van der Waals surface area contributed by atoms with E-state index in [1.165, 1.54) is 6.92 Å². The Balaban J connectivity index is 2.19. The van der Waals surface area contributed by atoms with Crippen LogP contribution in [0, 0.1) is 6.92 Å². The number of nitrogens with one attached hydrogen (secondary N) is 1. The Morgan fingerprint density at radius 2 is 1.88 bits per heavy atom. The van der Waals surface area contributed by atoms with E-state index in [9.17, 15) is 14.4 Å². The molecule has 0 saturated carbocycles. The molecule has 0 radical (unpaired) electrons. The molecule has 1 aromatic heterocycles. The molecular weight excluding hydrogens is 316 g/mol. The van der Waals surface area contributed by atoms with Crippen LogP contribution in [0.25, 0.3) is 0 Å². The number of aryl methyl sites for hydroxylation is 1. The summed E-state index contributed by atoms with van der Waals surface area (Å²) < 4.78 is 15.6. The Hall–Kier alpha value is -2.19. The molecule has 0 aliphatic carbocycles. The van der Waals surface area contributed by atoms with E-state index in [-0.39, 0.29) is 47.6 Å². The lowest BCUT2D eigenvalue weighted by Crippen LogP contribution is -2.41. The highest BCUT2D eigenvalue weighted by Gasteiger charge is 2.29. The van der Waals surface area contributed by atoms with Crippen molar-refractivity contribution in [2.75, 3.05) is 44.8 Å². The molecule has 1 amide bonds. The first kappa shape index (κ1) is 18.2. The molecule has 2 rings (SSSR count). The van der Waals surface area contributed by atoms with E-state index in [1.807, 2.05) is 4.90 Å². The predicted molar refractivity (Wildman–Crippen MR) is 85.3 cm³/mol. The quantitative estimate of drug-likeness (QED) is 0.615. The lowest BCUT2D eigenvalue weighted by Gasteiger charge is -2.25. The van der Waals surface area contributed by atoms with Gasteiger partial charge in [0.25, 0.3) is 0 Å². The lowest BCUT2D eigenvalue weighted by atomic mass is 10.1. The molecule has 1 aromatic rings. The second-order valence-electron chi connectivity index (χ2n) is 5.45. The topological polar surface area (TPSA) is 98.1 Å². The molecule has 1 N–H and O–H groups in total. The molecular formula is C16H22N2O6. The van der Waals surface area contributed by atoms with Crippen LogP contribution in [0.1, 0.15) is 40.3 Å². The van der Waals surface area contributed by atoms with Crippen LogP contribution in [0.15, 0.2) is 4.42 Å². The number of hydrogen-bond donors (Lipinski definition) is 1. The van der Waals surface area contributed by atoms with Crippen LogP contribution in [0.2, 0.25) is 0 Å². The molecule has 24 heavy (non-hydrogen) atoms. The summed E-state index contributed by atoms with van der Waals surface area (Å²) in [7, 11) is 0. The summed E-state index contributed by atoms with van der Waals surface area (Å²) in [5, 5.41) is 2.57. The van der Waals surface area contributed by atoms with Gasteiger partial charge in [-0.15, -0.1) is 0 Å². The Kier molecular flexibility index (Phi) is 6.10. The molecule has 1 aliphatic heterocycles. The van der Waals surface area contributed by atoms with Crippen molar-refractivity contribution in [2.24, 2.45) is 0 Å². The number of nitrogens with zero attached hydrogens (tertiary/aromatic N) is 1. The zero-order chi connectivity index (χ0) is 17.7. The fourth-order valence-corrected chi connectivity index (χ4v) is 2.58. The Morgan fingerprint density at radius 3 is 2.46 bits per heavy atom. The summed E-state index contributed by atoms with van der Waals surface area (Å²) in [5.41, 5.74) is 0.104. The summed E-state index contributed by atoms with van der Waals surface area (Å²) >= 11 is 0. The number of anilines is 1. The number of amides is 1. The molecule has 0 atom stereocenters. The second-order valence-corrected chi connectivity index (χ2v) is 5.45. The normalized spacial score (nSPS) is 15.1. The minimum Gasteiger partial charge on any atom is -0.462 e. The van der Waals surface area contributed by atoms with Crippen molar-refractivity contribution in [1.29, 1.82) is 0 Å². The number of morpholine rings is 1. The van der Waals surface area contributed by atoms with Crippen LogP contribution in [0.4, 0.5) is 5.88 Å². The van der Waals surface area contributed by atoms with Gasteiger partial charge < -0.3 is 13.9 Å². The summed E-state index contributed by atoms with van der Waals surface area (Å²) in [4.78, 5) is 38.1. The van der Waals surface area contributed by atoms with Gasteiger partial charge in [-0.25, -0.2) is 4.79 Å². The molecule has 0 bridgehead atoms. The number of esters is 1. The average Bonchev–Trinajstić information content (AvgIpc) is 2.84. The molecule has 132 valence electrons. The molecule has 0 unspecified atom stereocenters. The Bertz CT molecular complexity index is 631. The number of ether oxygens (including phenoxy) is 2. The van der Waals surface area contributed by atoms with E-state index in [4.69, 9.17) is 13.9 Å². The zero-order valence-corrected chi connectivity index (χ0v) is 14.1. The van der Waals surface area contributed by atoms with Gasteiger partial charge in [0, 0.05) is 13.1 Å². The molecule has 1 saturated heterocycles. The first-order chi connectivity index (χ1) is 11.4. The van der Waals surface area contributed by atoms with Gasteiger partial charge in [-0.2, -0.15) is 0 Å². The van der Waals surface area contributed by atoms with Crippen molar-refractivity contribution in [2.45, 2.75) is 20.8 Å². The van der Waals surface area contributed by atoms with E-state index in [0.29, 0.717) is 26.3 Å². The largest absolute Gasteiger partial charge is 0.462 e. The summed E-state index contributed by atoms with van der Waals surface area (Å²) in [6.07, 6.45) is 0. The average molecular weight is 338 g/mol. The first-order valence-electron chi connectivity index (χ1n) is 7.85. The maximum atomic E-state index is 12.2. The maximum Gasteiger partial charge on any atom is 0.344 e. The van der Waals surface area contributed by atoms with Crippen LogP contribution in [-0.2, 0) is 14.3 Å². The number of carbonyl (C=O) groups is 3. The highest BCUT2D eigenvalue weighted by molar-refractivity contribution is 6.10. The number of ketones is 1. The van der Waals surface area contributed by atoms with E-state index >= 15 is 0 Å². The minimum absolute atomic E-state index is 0.0304. The SMILES string of the molecule is CCOC(=O)c1c(NC(=O)CN2CCOCC2)oc(C)c1C(C)=O. The molecule has 2 heterocycles. The van der Waals surface area contributed by atoms with Crippen molar-refractivity contribution in [3.8, 4) is 0 Å². The first-order valence-corrected chi connectivity index (χ1v) is 7.85. The van der Waals surface area contributed by atoms with Gasteiger partial charge in [-0.3, -0.25) is 19.8 Å². The lowest BCUT2D eigenvalue weighted by molar-refractivity contribution is -0.118. The van der Waals surface area contributed by atoms with Gasteiger partial charge in [0.15, 0.2) is 5.78 Å². The van der Waals surface area contributed by atoms with Crippen molar-refractivity contribution in [3.05, 3.63) is 16.9 Å². The van der Waals surface area contributed by atoms with Crippen molar-refractivity contribution >= 4 is 23.5 Å². The van der Waals surface area contributed by atoms with Gasteiger partial charge in [0.1, 0.15) is 11.3 Å². The Labute approximate surface area is 140 Å². The second kappa shape index (κ2) is 8.07. The summed E-state index contributed by atoms with van der Waals surface area (Å²) in [5.74, 6) is -1.12. The molecule has 8 heteroatoms. The smallest absolute Gasteiger partial charge is 0.344 e. The van der Waals surface area contributed by atoms with E-state index in [1.54, 1.807) is 13.8 Å². The molecule has 0 spiro atoms. The highest BCUT2D eigenvalue weighted by Crippen LogP contribution is 2.28. The van der Waals surface area contributed by atoms with E-state index < -0.39 is 5.97 Å². The standard InChI is InChI=1S/C16H22N2O6/c1-4-23-16(21)14-13(10(2)19)11(3)24-15(14)17-12(20)9-18-5-7-22-8-6-18/h4-9H2,1-3H3,(H,17,20). The van der Waals surface area contributed by atoms with Crippen LogP contribution in [0.3, 0.4) is 0 Å². The fraction of sp³-hybridized carbons (Fsp3) is 0.562. The molecule has 1 aliphatic rings. The van der Waals surface area contributed by atoms with Gasteiger partial charge in [-0.05, 0) is 20.8 Å². The van der Waals surface area contributed by atoms with Crippen molar-refractivity contribution < 1.29 is 28.3 Å². The van der Waals surface area contributed by atoms with Crippen LogP contribution < -0.4 is 5.32 Å². The number of hydrogen-bond acceptors (Lipinski definition) is 7. The third-order valence-corrected chi connectivity index (χ3v) is 3.64. The third-order valence-electron chi connectivity index (χ3n) is 3.64. The van der Waals surface area contributed by atoms with E-state index in [2.05, 4.69) is 5.32 Å². The molecule has 0 aromatic carbocycles. The van der Waals surface area contributed by atoms with Gasteiger partial charge in [-0.1, -0.05) is 0 Å². The number of carbonyl (C=O) groups excluding carboxylic acids is 3. The highest BCUT2D eigenvalue weighted by atomic mass is 16.5. The van der Waals surface area contributed by atoms with Gasteiger partial charge in [0.05, 0.1) is 31.9 Å². The van der Waals surface area contributed by atoms with Crippen molar-refractivity contribution in [3.63, 3.8) is 0 Å². The Morgan fingerprint density at radius 1 is 1.21 bits per heavy atom. The number of Topliss-reactive ketones (excluding diaryl/α,β-unsaturated/α-hetero) is 1. The monoisotopic (exact) mass is 338 g/mol. The fourth-order valence-electron chi connectivity index (χ4n) is 2.58. The molecule has 1 fully saturated rings. The summed E-state index contributed by atoms with van der Waals surface area (Å²) in [6, 6.07) is 0. The van der Waals surface area contributed by atoms with Crippen LogP contribution >= 0.6 is 0 Å². The van der Waals surface area contributed by atoms with Crippen LogP contribution in [0.5, 0.6) is 0 Å². The number of rotatable bonds is 6. The molecule has 8 nitrogen and oxygen atoms in total.